The van der Waals surface area contributed by atoms with Gasteiger partial charge in [0.2, 0.25) is 0 Å². The average molecular weight is 135 g/mol. The summed E-state index contributed by atoms with van der Waals surface area (Å²) in [5.41, 5.74) is 2.94. The first-order valence-corrected chi connectivity index (χ1v) is 3.65. The van der Waals surface area contributed by atoms with Crippen molar-refractivity contribution in [3.05, 3.63) is 23.3 Å². The Morgan fingerprint density at radius 3 is 2.40 bits per heavy atom. The fourth-order valence-electron chi connectivity index (χ4n) is 1.10. The summed E-state index contributed by atoms with van der Waals surface area (Å²) >= 11 is 0. The molecular formula is C9H13N. The van der Waals surface area contributed by atoms with Gasteiger partial charge in [-0.1, -0.05) is 6.08 Å². The van der Waals surface area contributed by atoms with E-state index < -0.39 is 0 Å². The molecule has 0 spiro atoms. The molecule has 0 atom stereocenters. The highest BCUT2D eigenvalue weighted by atomic mass is 14.6. The molecule has 0 N–H and O–H groups in total. The molecule has 1 aliphatic rings. The van der Waals surface area contributed by atoms with E-state index in [1.54, 1.807) is 7.05 Å². The van der Waals surface area contributed by atoms with Gasteiger partial charge in [0.15, 0.2) is 0 Å². The van der Waals surface area contributed by atoms with Gasteiger partial charge in [-0.25, -0.2) is 0 Å². The number of hydrogen-bond acceptors (Lipinski definition) is 1. The van der Waals surface area contributed by atoms with Gasteiger partial charge in [0, 0.05) is 13.3 Å². The number of aliphatic imine (C=N–C) groups is 1. The quantitative estimate of drug-likeness (QED) is 0.489. The van der Waals surface area contributed by atoms with E-state index in [0.717, 1.165) is 0 Å². The van der Waals surface area contributed by atoms with Gasteiger partial charge in [-0.05, 0) is 37.0 Å². The third-order valence-electron chi connectivity index (χ3n) is 1.85. The molecule has 1 aliphatic carbocycles. The van der Waals surface area contributed by atoms with Crippen molar-refractivity contribution in [3.63, 3.8) is 0 Å². The van der Waals surface area contributed by atoms with E-state index in [1.165, 1.54) is 24.0 Å². The molecule has 0 amide bonds. The van der Waals surface area contributed by atoms with Gasteiger partial charge in [0.1, 0.15) is 0 Å². The highest BCUT2D eigenvalue weighted by molar-refractivity contribution is 5.74. The van der Waals surface area contributed by atoms with Gasteiger partial charge in [0.25, 0.3) is 0 Å². The Bertz CT molecular complexity index is 197. The normalized spacial score (nSPS) is 26.2. The Labute approximate surface area is 62.2 Å². The summed E-state index contributed by atoms with van der Waals surface area (Å²) in [7, 11) is 1.80. The molecule has 1 rings (SSSR count). The second-order valence-corrected chi connectivity index (χ2v) is 2.41. The zero-order valence-corrected chi connectivity index (χ0v) is 6.59. The van der Waals surface area contributed by atoms with Gasteiger partial charge in [-0.15, -0.1) is 0 Å². The van der Waals surface area contributed by atoms with E-state index >= 15 is 0 Å². The van der Waals surface area contributed by atoms with Gasteiger partial charge in [-0.2, -0.15) is 0 Å². The monoisotopic (exact) mass is 135 g/mol. The van der Waals surface area contributed by atoms with Crippen molar-refractivity contribution in [1.29, 1.82) is 0 Å². The maximum absolute atomic E-state index is 3.90. The van der Waals surface area contributed by atoms with E-state index in [2.05, 4.69) is 24.1 Å². The van der Waals surface area contributed by atoms with Crippen molar-refractivity contribution in [2.45, 2.75) is 19.8 Å². The fourth-order valence-corrected chi connectivity index (χ4v) is 1.10. The summed E-state index contributed by atoms with van der Waals surface area (Å²) in [5, 5.41) is 0. The zero-order chi connectivity index (χ0) is 7.40. The van der Waals surface area contributed by atoms with Gasteiger partial charge in [0.05, 0.1) is 0 Å². The Morgan fingerprint density at radius 1 is 1.30 bits per heavy atom. The molecule has 0 saturated heterocycles. The summed E-state index contributed by atoms with van der Waals surface area (Å²) in [6, 6.07) is 0. The third-order valence-corrected chi connectivity index (χ3v) is 1.85. The summed E-state index contributed by atoms with van der Waals surface area (Å²) in [5.74, 6) is 0. The van der Waals surface area contributed by atoms with Gasteiger partial charge >= 0.3 is 0 Å². The van der Waals surface area contributed by atoms with Crippen LogP contribution in [0.25, 0.3) is 0 Å². The lowest BCUT2D eigenvalue weighted by Crippen LogP contribution is -2.02. The first-order chi connectivity index (χ1) is 4.88. The van der Waals surface area contributed by atoms with Crippen LogP contribution < -0.4 is 0 Å². The molecular weight excluding hydrogens is 122 g/mol. The number of rotatable bonds is 1. The standard InChI is InChI=1S/C9H13N/c1-3-8-4-5-9(8)6-7-10-2/h3,6-7H,4-5H2,1-2H3/b8-3-,9-6-,10-7-. The molecule has 10 heavy (non-hydrogen) atoms. The van der Waals surface area contributed by atoms with Gasteiger partial charge < -0.3 is 0 Å². The molecule has 1 nitrogen and oxygen atoms in total. The lowest BCUT2D eigenvalue weighted by Gasteiger charge is -2.20. The topological polar surface area (TPSA) is 12.4 Å². The Kier molecular flexibility index (Phi) is 2.43. The molecule has 0 aliphatic heterocycles. The zero-order valence-electron chi connectivity index (χ0n) is 6.59. The van der Waals surface area contributed by atoms with Crippen LogP contribution in [-0.4, -0.2) is 13.3 Å². The molecule has 1 heteroatoms. The molecule has 0 heterocycles. The number of nitrogens with zero attached hydrogens (tertiary/aromatic N) is 1. The fraction of sp³-hybridized carbons (Fsp3) is 0.444. The summed E-state index contributed by atoms with van der Waals surface area (Å²) < 4.78 is 0. The van der Waals surface area contributed by atoms with E-state index in [0.29, 0.717) is 0 Å². The van der Waals surface area contributed by atoms with Crippen LogP contribution in [-0.2, 0) is 0 Å². The van der Waals surface area contributed by atoms with Crippen LogP contribution in [0.3, 0.4) is 0 Å². The second kappa shape index (κ2) is 3.35. The molecule has 1 fully saturated rings. The van der Waals surface area contributed by atoms with E-state index in [-0.39, 0.29) is 0 Å². The van der Waals surface area contributed by atoms with E-state index in [1.807, 2.05) is 6.21 Å². The van der Waals surface area contributed by atoms with E-state index in [4.69, 9.17) is 0 Å². The lowest BCUT2D eigenvalue weighted by molar-refractivity contribution is 0.823. The Morgan fingerprint density at radius 2 is 2.00 bits per heavy atom. The van der Waals surface area contributed by atoms with Crippen molar-refractivity contribution in [2.24, 2.45) is 4.99 Å². The molecule has 54 valence electrons. The van der Waals surface area contributed by atoms with Crippen molar-refractivity contribution >= 4 is 6.21 Å². The van der Waals surface area contributed by atoms with Crippen molar-refractivity contribution in [1.82, 2.24) is 0 Å². The molecule has 1 saturated carbocycles. The Hall–Kier alpha value is -0.850. The number of allylic oxidation sites excluding steroid dienone is 4. The predicted octanol–water partition coefficient (Wildman–Crippen LogP) is 2.35. The first-order valence-electron chi connectivity index (χ1n) is 3.65. The smallest absolute Gasteiger partial charge is 0.0277 e. The van der Waals surface area contributed by atoms with Crippen LogP contribution in [0.1, 0.15) is 19.8 Å². The van der Waals surface area contributed by atoms with Crippen molar-refractivity contribution < 1.29 is 0 Å². The van der Waals surface area contributed by atoms with Crippen molar-refractivity contribution in [2.75, 3.05) is 7.05 Å². The van der Waals surface area contributed by atoms with Crippen LogP contribution in [0, 0.1) is 0 Å². The summed E-state index contributed by atoms with van der Waals surface area (Å²) in [6.07, 6.45) is 8.61. The SMILES string of the molecule is C/C=C1/CC/C1=C/C=N\C. The maximum atomic E-state index is 3.90. The largest absolute Gasteiger partial charge is 0.297 e. The van der Waals surface area contributed by atoms with Crippen molar-refractivity contribution in [3.8, 4) is 0 Å². The minimum absolute atomic E-state index is 1.23. The third kappa shape index (κ3) is 1.35. The highest BCUT2D eigenvalue weighted by Gasteiger charge is 2.13. The van der Waals surface area contributed by atoms with Gasteiger partial charge in [-0.3, -0.25) is 4.99 Å². The second-order valence-electron chi connectivity index (χ2n) is 2.41. The van der Waals surface area contributed by atoms with Crippen LogP contribution in [0.2, 0.25) is 0 Å². The molecule has 0 radical (unpaired) electrons. The maximum Gasteiger partial charge on any atom is 0.0277 e. The number of hydrogen-bond donors (Lipinski definition) is 0. The summed E-state index contributed by atoms with van der Waals surface area (Å²) in [6.45, 7) is 2.09. The minimum Gasteiger partial charge on any atom is -0.297 e. The predicted molar refractivity (Wildman–Crippen MR) is 45.5 cm³/mol. The Balaban J connectivity index is 2.58. The molecule has 0 aromatic heterocycles. The average Bonchev–Trinajstić information content (AvgIpc) is 1.88. The molecule has 0 aromatic carbocycles. The first kappa shape index (κ1) is 7.26. The molecule has 0 bridgehead atoms. The van der Waals surface area contributed by atoms with Crippen LogP contribution in [0.4, 0.5) is 0 Å². The van der Waals surface area contributed by atoms with Crippen LogP contribution >= 0.6 is 0 Å². The van der Waals surface area contributed by atoms with Crippen LogP contribution in [0.15, 0.2) is 28.3 Å². The molecule has 0 unspecified atom stereocenters. The van der Waals surface area contributed by atoms with E-state index in [9.17, 15) is 0 Å². The van der Waals surface area contributed by atoms with Crippen LogP contribution in [0.5, 0.6) is 0 Å². The molecule has 0 aromatic rings. The lowest BCUT2D eigenvalue weighted by atomic mass is 9.85. The minimum atomic E-state index is 1.23. The highest BCUT2D eigenvalue weighted by Crippen LogP contribution is 2.31. The summed E-state index contributed by atoms with van der Waals surface area (Å²) in [4.78, 5) is 3.90.